The van der Waals surface area contributed by atoms with Crippen LogP contribution in [0.1, 0.15) is 0 Å². The van der Waals surface area contributed by atoms with Crippen LogP contribution in [0, 0.1) is 0 Å². The molecule has 0 atom stereocenters. The van der Waals surface area contributed by atoms with Gasteiger partial charge < -0.3 is 0 Å². The normalized spacial score (nSPS) is 10.9. The number of alkyl halides is 2. The number of thioether (sulfide) groups is 1. The van der Waals surface area contributed by atoms with E-state index in [1.165, 1.54) is 18.2 Å². The number of aromatic nitrogens is 2. The third-order valence-electron chi connectivity index (χ3n) is 2.16. The van der Waals surface area contributed by atoms with Gasteiger partial charge in [0.2, 0.25) is 0 Å². The van der Waals surface area contributed by atoms with Gasteiger partial charge in [0.25, 0.3) is 11.3 Å². The van der Waals surface area contributed by atoms with Crippen LogP contribution in [0.3, 0.4) is 0 Å². The second-order valence-corrected chi connectivity index (χ2v) is 4.79. The Hall–Kier alpha value is -1.40. The average Bonchev–Trinajstić information content (AvgIpc) is 2.33. The van der Waals surface area contributed by atoms with Crippen LogP contribution in [0.2, 0.25) is 5.15 Å². The smallest absolute Gasteiger partial charge is 0.267 e. The Balaban J connectivity index is 2.34. The molecular weight excluding hydrogens is 282 g/mol. The molecule has 0 saturated carbocycles. The van der Waals surface area contributed by atoms with Gasteiger partial charge in [0, 0.05) is 4.90 Å². The van der Waals surface area contributed by atoms with Crippen molar-refractivity contribution in [1.29, 1.82) is 0 Å². The predicted octanol–water partition coefficient (Wildman–Crippen LogP) is 3.41. The molecule has 0 radical (unpaired) electrons. The molecule has 0 fully saturated rings. The molecule has 0 amide bonds. The van der Waals surface area contributed by atoms with Gasteiger partial charge in [-0.2, -0.15) is 13.9 Å². The third-order valence-corrected chi connectivity index (χ3v) is 3.08. The van der Waals surface area contributed by atoms with Crippen molar-refractivity contribution in [3.05, 3.63) is 45.8 Å². The maximum absolute atomic E-state index is 12.1. The zero-order chi connectivity index (χ0) is 13.1. The van der Waals surface area contributed by atoms with Crippen molar-refractivity contribution in [3.63, 3.8) is 0 Å². The number of aromatic amines is 1. The van der Waals surface area contributed by atoms with E-state index in [1.54, 1.807) is 12.1 Å². The summed E-state index contributed by atoms with van der Waals surface area (Å²) in [6.07, 6.45) is 0. The summed E-state index contributed by atoms with van der Waals surface area (Å²) in [5, 5.41) is 5.96. The summed E-state index contributed by atoms with van der Waals surface area (Å²) < 4.78 is 24.3. The monoisotopic (exact) mass is 288 g/mol. The van der Waals surface area contributed by atoms with Gasteiger partial charge in [-0.25, -0.2) is 5.10 Å². The van der Waals surface area contributed by atoms with Crippen molar-refractivity contribution in [2.24, 2.45) is 0 Å². The van der Waals surface area contributed by atoms with Crippen LogP contribution in [-0.4, -0.2) is 16.0 Å². The van der Waals surface area contributed by atoms with E-state index in [0.717, 1.165) is 0 Å². The molecule has 1 heterocycles. The largest absolute Gasteiger partial charge is 0.288 e. The molecule has 0 saturated heterocycles. The Labute approximate surface area is 110 Å². The van der Waals surface area contributed by atoms with Crippen LogP contribution in [0.5, 0.6) is 0 Å². The highest BCUT2D eigenvalue weighted by Crippen LogP contribution is 2.27. The maximum Gasteiger partial charge on any atom is 0.288 e. The molecule has 0 aliphatic rings. The van der Waals surface area contributed by atoms with E-state index < -0.39 is 5.76 Å². The average molecular weight is 289 g/mol. The molecule has 0 aliphatic carbocycles. The number of hydrogen-bond donors (Lipinski definition) is 1. The van der Waals surface area contributed by atoms with Gasteiger partial charge >= 0.3 is 0 Å². The topological polar surface area (TPSA) is 45.8 Å². The lowest BCUT2D eigenvalue weighted by Crippen LogP contribution is -2.10. The summed E-state index contributed by atoms with van der Waals surface area (Å²) in [7, 11) is 0. The number of hydrogen-bond acceptors (Lipinski definition) is 3. The Morgan fingerprint density at radius 1 is 1.28 bits per heavy atom. The summed E-state index contributed by atoms with van der Waals surface area (Å²) in [6, 6.07) is 7.66. The molecular formula is C11H7ClF2N2OS. The maximum atomic E-state index is 12.1. The van der Waals surface area contributed by atoms with Gasteiger partial charge in [-0.15, -0.1) is 0 Å². The Bertz CT molecular complexity index is 601. The minimum Gasteiger partial charge on any atom is -0.267 e. The van der Waals surface area contributed by atoms with E-state index in [4.69, 9.17) is 11.6 Å². The van der Waals surface area contributed by atoms with Crippen LogP contribution >= 0.6 is 23.4 Å². The second kappa shape index (κ2) is 5.49. The van der Waals surface area contributed by atoms with Gasteiger partial charge in [0.15, 0.2) is 0 Å². The number of rotatable bonds is 3. The molecule has 0 unspecified atom stereocenters. The van der Waals surface area contributed by atoms with Gasteiger partial charge in [0.1, 0.15) is 5.15 Å². The highest BCUT2D eigenvalue weighted by molar-refractivity contribution is 7.99. The lowest BCUT2D eigenvalue weighted by Gasteiger charge is -2.03. The van der Waals surface area contributed by atoms with Crippen LogP contribution in [0.4, 0.5) is 8.78 Å². The molecule has 2 rings (SSSR count). The van der Waals surface area contributed by atoms with Gasteiger partial charge in [0.05, 0.1) is 5.56 Å². The first kappa shape index (κ1) is 13.0. The standard InChI is InChI=1S/C11H7ClF2N2OS/c12-9-5-8(10(17)16-15-9)6-1-3-7(4-2-6)18-11(13)14/h1-5,11H,(H,16,17). The van der Waals surface area contributed by atoms with E-state index in [0.29, 0.717) is 27.8 Å². The molecule has 0 aliphatic heterocycles. The van der Waals surface area contributed by atoms with E-state index in [9.17, 15) is 13.6 Å². The van der Waals surface area contributed by atoms with Crippen molar-refractivity contribution in [1.82, 2.24) is 10.2 Å². The van der Waals surface area contributed by atoms with Gasteiger partial charge in [-0.05, 0) is 23.8 Å². The Morgan fingerprint density at radius 3 is 2.56 bits per heavy atom. The summed E-state index contributed by atoms with van der Waals surface area (Å²) in [5.41, 5.74) is 0.566. The molecule has 1 N–H and O–H groups in total. The van der Waals surface area contributed by atoms with Crippen molar-refractivity contribution < 1.29 is 8.78 Å². The summed E-state index contributed by atoms with van der Waals surface area (Å²) in [4.78, 5) is 12.0. The van der Waals surface area contributed by atoms with Crippen LogP contribution in [-0.2, 0) is 0 Å². The van der Waals surface area contributed by atoms with E-state index in [1.807, 2.05) is 0 Å². The minimum absolute atomic E-state index is 0.163. The zero-order valence-electron chi connectivity index (χ0n) is 8.86. The van der Waals surface area contributed by atoms with E-state index >= 15 is 0 Å². The third kappa shape index (κ3) is 3.08. The molecule has 1 aromatic carbocycles. The van der Waals surface area contributed by atoms with Crippen molar-refractivity contribution >= 4 is 23.4 Å². The highest BCUT2D eigenvalue weighted by atomic mass is 35.5. The first-order valence-electron chi connectivity index (χ1n) is 4.87. The van der Waals surface area contributed by atoms with Crippen LogP contribution in [0.15, 0.2) is 40.0 Å². The quantitative estimate of drug-likeness (QED) is 0.881. The molecule has 0 spiro atoms. The molecule has 2 aromatic rings. The second-order valence-electron chi connectivity index (χ2n) is 3.34. The van der Waals surface area contributed by atoms with Gasteiger partial charge in [-0.3, -0.25) is 4.79 Å². The molecule has 0 bridgehead atoms. The highest BCUT2D eigenvalue weighted by Gasteiger charge is 2.07. The molecule has 7 heteroatoms. The number of nitrogens with one attached hydrogen (secondary N) is 1. The first-order chi connectivity index (χ1) is 8.56. The number of benzene rings is 1. The van der Waals surface area contributed by atoms with Crippen molar-refractivity contribution in [2.45, 2.75) is 10.7 Å². The van der Waals surface area contributed by atoms with E-state index in [-0.39, 0.29) is 10.7 Å². The fourth-order valence-corrected chi connectivity index (χ4v) is 2.06. The fraction of sp³-hybridized carbons (Fsp3) is 0.0909. The summed E-state index contributed by atoms with van der Waals surface area (Å²) >= 11 is 6.13. The first-order valence-corrected chi connectivity index (χ1v) is 6.12. The van der Waals surface area contributed by atoms with Crippen molar-refractivity contribution in [3.8, 4) is 11.1 Å². The van der Waals surface area contributed by atoms with Crippen LogP contribution in [0.25, 0.3) is 11.1 Å². The summed E-state index contributed by atoms with van der Waals surface area (Å²) in [5.74, 6) is -2.46. The number of H-pyrrole nitrogens is 1. The molecule has 3 nitrogen and oxygen atoms in total. The molecule has 18 heavy (non-hydrogen) atoms. The van der Waals surface area contributed by atoms with Crippen LogP contribution < -0.4 is 5.56 Å². The lowest BCUT2D eigenvalue weighted by atomic mass is 10.1. The zero-order valence-corrected chi connectivity index (χ0v) is 10.4. The Kier molecular flexibility index (Phi) is 3.98. The number of halogens is 3. The summed E-state index contributed by atoms with van der Waals surface area (Å²) in [6.45, 7) is 0. The molecule has 94 valence electrons. The lowest BCUT2D eigenvalue weighted by molar-refractivity contribution is 0.252. The number of nitrogens with zero attached hydrogens (tertiary/aromatic N) is 1. The molecule has 1 aromatic heterocycles. The van der Waals surface area contributed by atoms with Gasteiger partial charge in [-0.1, -0.05) is 35.5 Å². The predicted molar refractivity (Wildman–Crippen MR) is 67.2 cm³/mol. The minimum atomic E-state index is -2.46. The Morgan fingerprint density at radius 2 is 1.94 bits per heavy atom. The van der Waals surface area contributed by atoms with E-state index in [2.05, 4.69) is 10.2 Å². The van der Waals surface area contributed by atoms with Crippen molar-refractivity contribution in [2.75, 3.05) is 0 Å². The SMILES string of the molecule is O=c1[nH]nc(Cl)cc1-c1ccc(SC(F)F)cc1. The fourth-order valence-electron chi connectivity index (χ4n) is 1.41.